The summed E-state index contributed by atoms with van der Waals surface area (Å²) in [5.41, 5.74) is 5.20. The minimum atomic E-state index is -0.603. The number of carbonyl (C=O) groups excluding carboxylic acids is 2. The van der Waals surface area contributed by atoms with Crippen LogP contribution in [-0.2, 0) is 4.79 Å². The lowest BCUT2D eigenvalue weighted by molar-refractivity contribution is -0.131. The van der Waals surface area contributed by atoms with Gasteiger partial charge in [-0.05, 0) is 24.4 Å². The van der Waals surface area contributed by atoms with Crippen LogP contribution in [0.4, 0.5) is 4.79 Å². The molecule has 2 rings (SSSR count). The van der Waals surface area contributed by atoms with E-state index in [9.17, 15) is 9.59 Å². The van der Waals surface area contributed by atoms with Crippen LogP contribution in [0, 0.1) is 0 Å². The summed E-state index contributed by atoms with van der Waals surface area (Å²) in [6, 6.07) is 2.86. The molecule has 1 aliphatic rings. The fourth-order valence-corrected chi connectivity index (χ4v) is 3.06. The van der Waals surface area contributed by atoms with E-state index in [0.717, 1.165) is 30.9 Å². The number of halogens is 1. The van der Waals surface area contributed by atoms with Crippen LogP contribution in [0.5, 0.6) is 0 Å². The maximum Gasteiger partial charge on any atom is 0.312 e. The zero-order valence-electron chi connectivity index (χ0n) is 11.7. The molecule has 1 unspecified atom stereocenters. The van der Waals surface area contributed by atoms with E-state index < -0.39 is 6.03 Å². The highest BCUT2D eigenvalue weighted by Crippen LogP contribution is 2.22. The van der Waals surface area contributed by atoms with E-state index in [1.165, 1.54) is 11.3 Å². The Labute approximate surface area is 134 Å². The monoisotopic (exact) mass is 332 g/mol. The molecule has 3 amide bonds. The van der Waals surface area contributed by atoms with Crippen molar-refractivity contribution in [3.63, 3.8) is 0 Å². The van der Waals surface area contributed by atoms with Crippen molar-refractivity contribution in [2.24, 2.45) is 5.73 Å². The van der Waals surface area contributed by atoms with E-state index in [4.69, 9.17) is 5.73 Å². The molecule has 0 bridgehead atoms. The lowest BCUT2D eigenvalue weighted by atomic mass is 10.1. The fourth-order valence-electron chi connectivity index (χ4n) is 2.28. The SMILES string of the molecule is Cl.NC(=O)NC(CC(=O)N1CCCNCC1)c1cccs1. The van der Waals surface area contributed by atoms with Crippen LogP contribution < -0.4 is 16.4 Å². The van der Waals surface area contributed by atoms with Gasteiger partial charge in [0, 0.05) is 24.5 Å². The van der Waals surface area contributed by atoms with Crippen molar-refractivity contribution in [1.29, 1.82) is 0 Å². The topological polar surface area (TPSA) is 87.5 Å². The number of nitrogens with zero attached hydrogens (tertiary/aromatic N) is 1. The van der Waals surface area contributed by atoms with Crippen LogP contribution in [0.3, 0.4) is 0 Å². The van der Waals surface area contributed by atoms with Crippen LogP contribution in [0.25, 0.3) is 0 Å². The number of thiophene rings is 1. The van der Waals surface area contributed by atoms with Gasteiger partial charge in [0.25, 0.3) is 0 Å². The van der Waals surface area contributed by atoms with Crippen LogP contribution in [0.15, 0.2) is 17.5 Å². The van der Waals surface area contributed by atoms with Gasteiger partial charge in [-0.3, -0.25) is 4.79 Å². The first-order valence-electron chi connectivity index (χ1n) is 6.74. The van der Waals surface area contributed by atoms with Gasteiger partial charge < -0.3 is 21.3 Å². The van der Waals surface area contributed by atoms with Crippen molar-refractivity contribution in [2.75, 3.05) is 26.2 Å². The molecule has 0 radical (unpaired) electrons. The quantitative estimate of drug-likeness (QED) is 0.771. The van der Waals surface area contributed by atoms with Crippen molar-refractivity contribution in [3.8, 4) is 0 Å². The van der Waals surface area contributed by atoms with E-state index in [1.807, 2.05) is 22.4 Å². The number of carbonyl (C=O) groups is 2. The van der Waals surface area contributed by atoms with Gasteiger partial charge in [-0.2, -0.15) is 0 Å². The number of primary amides is 1. The van der Waals surface area contributed by atoms with E-state index in [2.05, 4.69) is 10.6 Å². The third-order valence-corrected chi connectivity index (χ3v) is 4.26. The zero-order chi connectivity index (χ0) is 14.4. The molecule has 21 heavy (non-hydrogen) atoms. The van der Waals surface area contributed by atoms with Crippen molar-refractivity contribution in [2.45, 2.75) is 18.9 Å². The van der Waals surface area contributed by atoms with Crippen molar-refractivity contribution >= 4 is 35.7 Å². The Morgan fingerprint density at radius 3 is 2.90 bits per heavy atom. The first kappa shape index (κ1) is 17.7. The summed E-state index contributed by atoms with van der Waals surface area (Å²) in [6.45, 7) is 3.24. The molecule has 0 aliphatic carbocycles. The van der Waals surface area contributed by atoms with Crippen molar-refractivity contribution < 1.29 is 9.59 Å². The van der Waals surface area contributed by atoms with Gasteiger partial charge >= 0.3 is 6.03 Å². The van der Waals surface area contributed by atoms with E-state index in [0.29, 0.717) is 6.54 Å². The molecule has 1 aromatic heterocycles. The molecule has 8 heteroatoms. The number of nitrogens with two attached hydrogens (primary N) is 1. The fraction of sp³-hybridized carbons (Fsp3) is 0.538. The predicted octanol–water partition coefficient (Wildman–Crippen LogP) is 1.09. The Balaban J connectivity index is 0.00000220. The standard InChI is InChI=1S/C13H20N4O2S.ClH/c14-13(19)16-10(11-3-1-8-20-11)9-12(18)17-6-2-4-15-5-7-17;/h1,3,8,10,15H,2,4-7,9H2,(H3,14,16,19);1H. The molecule has 2 heterocycles. The third-order valence-electron chi connectivity index (χ3n) is 3.27. The second-order valence-electron chi connectivity index (χ2n) is 4.77. The summed E-state index contributed by atoms with van der Waals surface area (Å²) in [6.07, 6.45) is 1.21. The van der Waals surface area contributed by atoms with Gasteiger partial charge in [0.05, 0.1) is 12.5 Å². The number of amides is 3. The first-order valence-corrected chi connectivity index (χ1v) is 7.62. The van der Waals surface area contributed by atoms with E-state index in [-0.39, 0.29) is 30.8 Å². The molecule has 1 aromatic rings. The molecule has 0 aromatic carbocycles. The molecular weight excluding hydrogens is 312 g/mol. The normalized spacial score (nSPS) is 16.5. The Kier molecular flexibility index (Phi) is 7.49. The second kappa shape index (κ2) is 8.86. The number of hydrogen-bond donors (Lipinski definition) is 3. The summed E-state index contributed by atoms with van der Waals surface area (Å²) < 4.78 is 0. The molecule has 4 N–H and O–H groups in total. The number of urea groups is 1. The Bertz CT molecular complexity index is 447. The summed E-state index contributed by atoms with van der Waals surface area (Å²) >= 11 is 1.51. The number of hydrogen-bond acceptors (Lipinski definition) is 4. The molecule has 1 aliphatic heterocycles. The molecule has 0 spiro atoms. The molecular formula is C13H21ClN4O2S. The predicted molar refractivity (Wildman–Crippen MR) is 85.7 cm³/mol. The first-order chi connectivity index (χ1) is 9.66. The number of rotatable bonds is 4. The van der Waals surface area contributed by atoms with Gasteiger partial charge in [-0.25, -0.2) is 4.79 Å². The van der Waals surface area contributed by atoms with Gasteiger partial charge in [0.15, 0.2) is 0 Å². The minimum absolute atomic E-state index is 0. The van der Waals surface area contributed by atoms with Crippen LogP contribution in [0.2, 0.25) is 0 Å². The van der Waals surface area contributed by atoms with Gasteiger partial charge in [-0.1, -0.05) is 6.07 Å². The average molecular weight is 333 g/mol. The summed E-state index contributed by atoms with van der Waals surface area (Å²) in [4.78, 5) is 26.2. The van der Waals surface area contributed by atoms with Crippen molar-refractivity contribution in [1.82, 2.24) is 15.5 Å². The summed E-state index contributed by atoms with van der Waals surface area (Å²) in [5, 5.41) is 7.84. The highest BCUT2D eigenvalue weighted by molar-refractivity contribution is 7.10. The zero-order valence-corrected chi connectivity index (χ0v) is 13.3. The largest absolute Gasteiger partial charge is 0.352 e. The Morgan fingerprint density at radius 2 is 2.24 bits per heavy atom. The molecule has 1 saturated heterocycles. The highest BCUT2D eigenvalue weighted by Gasteiger charge is 2.22. The Morgan fingerprint density at radius 1 is 1.43 bits per heavy atom. The lowest BCUT2D eigenvalue weighted by Crippen LogP contribution is -2.39. The van der Waals surface area contributed by atoms with Crippen LogP contribution in [0.1, 0.15) is 23.8 Å². The molecule has 6 nitrogen and oxygen atoms in total. The third kappa shape index (κ3) is 5.53. The second-order valence-corrected chi connectivity index (χ2v) is 5.74. The van der Waals surface area contributed by atoms with E-state index in [1.54, 1.807) is 0 Å². The summed E-state index contributed by atoms with van der Waals surface area (Å²) in [7, 11) is 0. The van der Waals surface area contributed by atoms with Gasteiger partial charge in [0.2, 0.25) is 5.91 Å². The smallest absolute Gasteiger partial charge is 0.312 e. The molecule has 1 fully saturated rings. The number of nitrogens with one attached hydrogen (secondary N) is 2. The highest BCUT2D eigenvalue weighted by atomic mass is 35.5. The van der Waals surface area contributed by atoms with Gasteiger partial charge in [0.1, 0.15) is 0 Å². The van der Waals surface area contributed by atoms with Crippen LogP contribution in [-0.4, -0.2) is 43.0 Å². The average Bonchev–Trinajstić information content (AvgIpc) is 2.79. The van der Waals surface area contributed by atoms with E-state index >= 15 is 0 Å². The van der Waals surface area contributed by atoms with Crippen LogP contribution >= 0.6 is 23.7 Å². The minimum Gasteiger partial charge on any atom is -0.352 e. The molecule has 0 saturated carbocycles. The maximum absolute atomic E-state index is 12.3. The van der Waals surface area contributed by atoms with Crippen molar-refractivity contribution in [3.05, 3.63) is 22.4 Å². The van der Waals surface area contributed by atoms with Gasteiger partial charge in [-0.15, -0.1) is 23.7 Å². The lowest BCUT2D eigenvalue weighted by Gasteiger charge is -2.23. The Hall–Kier alpha value is -1.31. The molecule has 1 atom stereocenters. The maximum atomic E-state index is 12.3. The summed E-state index contributed by atoms with van der Waals surface area (Å²) in [5.74, 6) is 0.0563. The molecule has 118 valence electrons.